The minimum absolute atomic E-state index is 0.0191. The quantitative estimate of drug-likeness (QED) is 0.592. The van der Waals surface area contributed by atoms with Gasteiger partial charge < -0.3 is 9.88 Å². The maximum atomic E-state index is 13.5. The first-order valence-electron chi connectivity index (χ1n) is 9.87. The summed E-state index contributed by atoms with van der Waals surface area (Å²) in [5, 5.41) is 2.40. The van der Waals surface area contributed by atoms with E-state index in [4.69, 9.17) is 0 Å². The Labute approximate surface area is 191 Å². The van der Waals surface area contributed by atoms with Crippen molar-refractivity contribution in [1.82, 2.24) is 9.88 Å². The summed E-state index contributed by atoms with van der Waals surface area (Å²) in [6, 6.07) is 4.99. The highest BCUT2D eigenvalue weighted by Crippen LogP contribution is 2.37. The van der Waals surface area contributed by atoms with Gasteiger partial charge in [-0.15, -0.1) is 0 Å². The summed E-state index contributed by atoms with van der Waals surface area (Å²) in [5.41, 5.74) is -1.93. The van der Waals surface area contributed by atoms with Crippen LogP contribution in [0.4, 0.5) is 26.3 Å². The van der Waals surface area contributed by atoms with Gasteiger partial charge in [-0.25, -0.2) is 8.42 Å². The highest BCUT2D eigenvalue weighted by molar-refractivity contribution is 7.94. The molecule has 0 saturated heterocycles. The van der Waals surface area contributed by atoms with Crippen LogP contribution in [0, 0.1) is 13.8 Å². The van der Waals surface area contributed by atoms with Gasteiger partial charge in [0, 0.05) is 24.1 Å². The molecule has 1 unspecified atom stereocenters. The molecule has 184 valence electrons. The Morgan fingerprint density at radius 2 is 1.68 bits per heavy atom. The molecule has 1 aliphatic carbocycles. The van der Waals surface area contributed by atoms with Gasteiger partial charge in [-0.1, -0.05) is 18.2 Å². The van der Waals surface area contributed by atoms with E-state index in [1.165, 1.54) is 42.7 Å². The number of nitrogens with zero attached hydrogens (tertiary/aromatic N) is 1. The number of rotatable bonds is 4. The van der Waals surface area contributed by atoms with Crippen LogP contribution in [-0.4, -0.2) is 37.4 Å². The molecule has 0 fully saturated rings. The van der Waals surface area contributed by atoms with Gasteiger partial charge in [0.15, 0.2) is 9.84 Å². The lowest BCUT2D eigenvalue weighted by molar-refractivity contribution is -0.137. The highest BCUT2D eigenvalue weighted by Gasteiger charge is 2.41. The Morgan fingerprint density at radius 3 is 2.24 bits per heavy atom. The van der Waals surface area contributed by atoms with Crippen LogP contribution in [0.5, 0.6) is 0 Å². The molecule has 1 N–H and O–H groups in total. The Morgan fingerprint density at radius 1 is 1.06 bits per heavy atom. The molecule has 0 bridgehead atoms. The summed E-state index contributed by atoms with van der Waals surface area (Å²) in [7, 11) is -4.15. The number of aryl methyl sites for hydroxylation is 1. The number of aromatic nitrogens is 1. The first-order valence-corrected chi connectivity index (χ1v) is 11.8. The number of halogens is 6. The maximum Gasteiger partial charge on any atom is 0.418 e. The van der Waals surface area contributed by atoms with Gasteiger partial charge in [-0.3, -0.25) is 4.79 Å². The molecule has 34 heavy (non-hydrogen) atoms. The molecule has 1 atom stereocenters. The summed E-state index contributed by atoms with van der Waals surface area (Å²) < 4.78 is 105. The van der Waals surface area contributed by atoms with Crippen molar-refractivity contribution < 1.29 is 39.6 Å². The van der Waals surface area contributed by atoms with Gasteiger partial charge in [0.1, 0.15) is 0 Å². The fourth-order valence-corrected chi connectivity index (χ4v) is 4.88. The minimum atomic E-state index is -4.93. The minimum Gasteiger partial charge on any atom is -0.345 e. The number of hydrogen-bond acceptors (Lipinski definition) is 3. The summed E-state index contributed by atoms with van der Waals surface area (Å²) in [6.45, 7) is 2.93. The molecular weight excluding hydrogens is 486 g/mol. The molecule has 3 rings (SSSR count). The van der Waals surface area contributed by atoms with Crippen LogP contribution in [0.15, 0.2) is 53.0 Å². The van der Waals surface area contributed by atoms with Crippen molar-refractivity contribution in [2.24, 2.45) is 0 Å². The monoisotopic (exact) mass is 506 g/mol. The number of hydrogen-bond donors (Lipinski definition) is 1. The largest absolute Gasteiger partial charge is 0.418 e. The Kier molecular flexibility index (Phi) is 6.51. The standard InChI is InChI=1S/C22H20F6N2O3S/c1-12-10-15(13(2)30(12)18-7-5-4-6-16(18)21(23,24)25)20(31)29-14-8-9-19(34(3,32)33)17(11-14)22(26,27)28/h4-10,14H,11H2,1-3H3,(H,29,31). The van der Waals surface area contributed by atoms with E-state index in [0.29, 0.717) is 11.9 Å². The second kappa shape index (κ2) is 8.64. The van der Waals surface area contributed by atoms with Crippen molar-refractivity contribution in [1.29, 1.82) is 0 Å². The lowest BCUT2D eigenvalue weighted by Gasteiger charge is -2.24. The topological polar surface area (TPSA) is 68.2 Å². The van der Waals surface area contributed by atoms with Crippen molar-refractivity contribution in [3.8, 4) is 5.69 Å². The van der Waals surface area contributed by atoms with E-state index in [1.54, 1.807) is 0 Å². The third-order valence-corrected chi connectivity index (χ3v) is 6.57. The first-order chi connectivity index (χ1) is 15.5. The number of alkyl halides is 6. The number of allylic oxidation sites excluding steroid dienone is 1. The number of sulfone groups is 1. The number of para-hydroxylation sites is 1. The van der Waals surface area contributed by atoms with E-state index < -0.39 is 56.6 Å². The molecule has 0 spiro atoms. The van der Waals surface area contributed by atoms with E-state index in [2.05, 4.69) is 5.32 Å². The van der Waals surface area contributed by atoms with Gasteiger partial charge in [0.25, 0.3) is 5.91 Å². The van der Waals surface area contributed by atoms with Crippen LogP contribution in [-0.2, 0) is 16.0 Å². The van der Waals surface area contributed by atoms with Crippen LogP contribution >= 0.6 is 0 Å². The van der Waals surface area contributed by atoms with E-state index in [9.17, 15) is 39.6 Å². The lowest BCUT2D eigenvalue weighted by Crippen LogP contribution is -2.37. The molecular formula is C22H20F6N2O3S. The average molecular weight is 506 g/mol. The van der Waals surface area contributed by atoms with Crippen LogP contribution in [0.1, 0.15) is 33.7 Å². The zero-order chi connectivity index (χ0) is 25.6. The maximum absolute atomic E-state index is 13.5. The molecule has 5 nitrogen and oxygen atoms in total. The van der Waals surface area contributed by atoms with Crippen molar-refractivity contribution in [2.75, 3.05) is 6.26 Å². The molecule has 1 amide bonds. The summed E-state index contributed by atoms with van der Waals surface area (Å²) >= 11 is 0. The predicted octanol–water partition coefficient (Wildman–Crippen LogP) is 5.03. The Balaban J connectivity index is 1.94. The molecule has 2 aromatic rings. The molecule has 1 aromatic carbocycles. The number of carbonyl (C=O) groups excluding carboxylic acids is 1. The first kappa shape index (κ1) is 25.6. The molecule has 0 radical (unpaired) electrons. The SMILES string of the molecule is Cc1cc(C(=O)NC2C=CC(S(C)(=O)=O)=C(C(F)(F)F)C2)c(C)n1-c1ccccc1C(F)(F)F. The van der Waals surface area contributed by atoms with Crippen LogP contribution in [0.3, 0.4) is 0 Å². The molecule has 0 saturated carbocycles. The van der Waals surface area contributed by atoms with Crippen molar-refractivity contribution >= 4 is 15.7 Å². The van der Waals surface area contributed by atoms with Gasteiger partial charge in [-0.05, 0) is 38.1 Å². The molecule has 1 aliphatic rings. The fraction of sp³-hybridized carbons (Fsp3) is 0.318. The smallest absolute Gasteiger partial charge is 0.345 e. The van der Waals surface area contributed by atoms with Crippen molar-refractivity contribution in [3.63, 3.8) is 0 Å². The second-order valence-electron chi connectivity index (χ2n) is 7.89. The number of carbonyl (C=O) groups is 1. The Bertz CT molecular complexity index is 1300. The highest BCUT2D eigenvalue weighted by atomic mass is 32.2. The van der Waals surface area contributed by atoms with Gasteiger partial charge in [0.2, 0.25) is 0 Å². The second-order valence-corrected chi connectivity index (χ2v) is 9.88. The number of nitrogens with one attached hydrogen (secondary N) is 1. The van der Waals surface area contributed by atoms with Crippen molar-refractivity contribution in [2.45, 2.75) is 38.7 Å². The summed E-state index contributed by atoms with van der Waals surface area (Å²) in [5.74, 6) is -0.803. The average Bonchev–Trinajstić information content (AvgIpc) is 3.00. The van der Waals surface area contributed by atoms with Crippen LogP contribution in [0.2, 0.25) is 0 Å². The van der Waals surface area contributed by atoms with E-state index in [0.717, 1.165) is 18.2 Å². The van der Waals surface area contributed by atoms with Gasteiger partial charge in [-0.2, -0.15) is 26.3 Å². The third-order valence-electron chi connectivity index (χ3n) is 5.39. The van der Waals surface area contributed by atoms with E-state index in [-0.39, 0.29) is 16.9 Å². The number of amides is 1. The summed E-state index contributed by atoms with van der Waals surface area (Å²) in [4.78, 5) is 12.0. The van der Waals surface area contributed by atoms with E-state index in [1.807, 2.05) is 0 Å². The lowest BCUT2D eigenvalue weighted by atomic mass is 9.99. The van der Waals surface area contributed by atoms with Crippen LogP contribution < -0.4 is 5.32 Å². The van der Waals surface area contributed by atoms with Crippen LogP contribution in [0.25, 0.3) is 5.69 Å². The summed E-state index contributed by atoms with van der Waals surface area (Å²) in [6.07, 6.45) is -7.78. The predicted molar refractivity (Wildman–Crippen MR) is 113 cm³/mol. The van der Waals surface area contributed by atoms with Gasteiger partial charge in [0.05, 0.1) is 33.3 Å². The third kappa shape index (κ3) is 5.06. The van der Waals surface area contributed by atoms with E-state index >= 15 is 0 Å². The Hall–Kier alpha value is -3.02. The molecule has 1 aromatic heterocycles. The molecule has 12 heteroatoms. The zero-order valence-electron chi connectivity index (χ0n) is 18.2. The number of benzene rings is 1. The zero-order valence-corrected chi connectivity index (χ0v) is 19.0. The van der Waals surface area contributed by atoms with Crippen molar-refractivity contribution in [3.05, 3.63) is 75.5 Å². The fourth-order valence-electron chi connectivity index (χ4n) is 3.91. The van der Waals surface area contributed by atoms with Gasteiger partial charge >= 0.3 is 12.4 Å². The normalized spacial score (nSPS) is 17.3. The molecule has 0 aliphatic heterocycles. The molecule has 1 heterocycles.